The fourth-order valence-corrected chi connectivity index (χ4v) is 0.598. The van der Waals surface area contributed by atoms with Crippen LogP contribution in [0.15, 0.2) is 0 Å². The van der Waals surface area contributed by atoms with Gasteiger partial charge in [0.05, 0.1) is 12.5 Å². The Labute approximate surface area is 74.0 Å². The van der Waals surface area contributed by atoms with Gasteiger partial charge < -0.3 is 10.5 Å². The molecule has 0 aromatic rings. The maximum absolute atomic E-state index is 12.3. The summed E-state index contributed by atoms with van der Waals surface area (Å²) < 4.78 is 41.0. The zero-order valence-electron chi connectivity index (χ0n) is 7.61. The number of carbonyl (C=O) groups is 1. The van der Waals surface area contributed by atoms with E-state index in [1.807, 2.05) is 0 Å². The zero-order chi connectivity index (χ0) is 10.9. The molecule has 0 aliphatic heterocycles. The normalized spacial score (nSPS) is 15.3. The molecule has 13 heavy (non-hydrogen) atoms. The molecule has 0 saturated carbocycles. The first-order chi connectivity index (χ1) is 5.64. The van der Waals surface area contributed by atoms with Crippen LogP contribution in [0.5, 0.6) is 0 Å². The molecule has 6 heteroatoms. The second kappa shape index (κ2) is 3.53. The smallest absolute Gasteiger partial charge is 0.396 e. The second-order valence-electron chi connectivity index (χ2n) is 3.22. The minimum atomic E-state index is -4.53. The summed E-state index contributed by atoms with van der Waals surface area (Å²) >= 11 is 0. The lowest BCUT2D eigenvalue weighted by atomic mass is 9.84. The number of rotatable bonds is 2. The van der Waals surface area contributed by atoms with E-state index in [1.54, 1.807) is 0 Å². The third-order valence-electron chi connectivity index (χ3n) is 1.96. The molecule has 0 heterocycles. The molecule has 0 aliphatic rings. The van der Waals surface area contributed by atoms with Crippen LogP contribution in [-0.2, 0) is 9.53 Å². The van der Waals surface area contributed by atoms with E-state index in [0.717, 1.165) is 21.0 Å². The molecule has 0 spiro atoms. The number of hydrogen-bond donors (Lipinski definition) is 1. The molecule has 78 valence electrons. The summed E-state index contributed by atoms with van der Waals surface area (Å²) in [6.45, 7) is 1.71. The maximum atomic E-state index is 12.3. The van der Waals surface area contributed by atoms with Gasteiger partial charge in [0.15, 0.2) is 0 Å². The number of hydrogen-bond acceptors (Lipinski definition) is 3. The summed E-state index contributed by atoms with van der Waals surface area (Å²) in [5.41, 5.74) is 2.82. The Kier molecular flexibility index (Phi) is 3.32. The molecule has 0 fully saturated rings. The summed E-state index contributed by atoms with van der Waals surface area (Å²) in [6, 6.07) is -1.70. The highest BCUT2D eigenvalue weighted by Crippen LogP contribution is 2.39. The standard InChI is InChI=1S/C7H12F3NO2/c1-6(2,7(8,9)10)4(11)5(12)13-3/h4H,11H2,1-3H3. The quantitative estimate of drug-likeness (QED) is 0.677. The van der Waals surface area contributed by atoms with Crippen molar-refractivity contribution in [3.8, 4) is 0 Å². The van der Waals surface area contributed by atoms with E-state index < -0.39 is 23.6 Å². The lowest BCUT2D eigenvalue weighted by molar-refractivity contribution is -0.221. The topological polar surface area (TPSA) is 52.3 Å². The average Bonchev–Trinajstić information content (AvgIpc) is 1.99. The summed E-state index contributed by atoms with van der Waals surface area (Å²) in [5, 5.41) is 0. The number of halogens is 3. The predicted octanol–water partition coefficient (Wildman–Crippen LogP) is 1.08. The highest BCUT2D eigenvalue weighted by atomic mass is 19.4. The number of esters is 1. The maximum Gasteiger partial charge on any atom is 0.396 e. The summed E-state index contributed by atoms with van der Waals surface area (Å²) in [7, 11) is 0.995. The van der Waals surface area contributed by atoms with Crippen molar-refractivity contribution in [2.45, 2.75) is 26.1 Å². The molecule has 0 amide bonds. The first kappa shape index (κ1) is 12.2. The van der Waals surface area contributed by atoms with Crippen molar-refractivity contribution in [1.82, 2.24) is 0 Å². The fraction of sp³-hybridized carbons (Fsp3) is 0.857. The summed E-state index contributed by atoms with van der Waals surface area (Å²) in [4.78, 5) is 10.8. The van der Waals surface area contributed by atoms with E-state index in [-0.39, 0.29) is 0 Å². The van der Waals surface area contributed by atoms with E-state index in [1.165, 1.54) is 0 Å². The molecule has 0 aromatic carbocycles. The van der Waals surface area contributed by atoms with Crippen LogP contribution < -0.4 is 5.73 Å². The van der Waals surface area contributed by atoms with Gasteiger partial charge in [0.2, 0.25) is 0 Å². The molecule has 0 rings (SSSR count). The predicted molar refractivity (Wildman–Crippen MR) is 39.8 cm³/mol. The molecule has 1 atom stereocenters. The molecule has 0 bridgehead atoms. The second-order valence-corrected chi connectivity index (χ2v) is 3.22. The first-order valence-corrected chi connectivity index (χ1v) is 3.54. The Bertz CT molecular complexity index is 200. The van der Waals surface area contributed by atoms with Gasteiger partial charge in [-0.1, -0.05) is 0 Å². The number of alkyl halides is 3. The highest BCUT2D eigenvalue weighted by Gasteiger charge is 2.53. The Morgan fingerprint density at radius 3 is 2.00 bits per heavy atom. The minimum Gasteiger partial charge on any atom is -0.468 e. The van der Waals surface area contributed by atoms with E-state index in [9.17, 15) is 18.0 Å². The number of carbonyl (C=O) groups excluding carboxylic acids is 1. The van der Waals surface area contributed by atoms with Crippen LogP contribution >= 0.6 is 0 Å². The molecular formula is C7H12F3NO2. The Balaban J connectivity index is 4.74. The van der Waals surface area contributed by atoms with Gasteiger partial charge in [-0.25, -0.2) is 0 Å². The van der Waals surface area contributed by atoms with E-state index in [2.05, 4.69) is 4.74 Å². The first-order valence-electron chi connectivity index (χ1n) is 3.54. The third-order valence-corrected chi connectivity index (χ3v) is 1.96. The Morgan fingerprint density at radius 2 is 1.77 bits per heavy atom. The molecular weight excluding hydrogens is 187 g/mol. The van der Waals surface area contributed by atoms with Gasteiger partial charge >= 0.3 is 12.1 Å². The molecule has 0 aliphatic carbocycles. The van der Waals surface area contributed by atoms with Crippen LogP contribution in [0.1, 0.15) is 13.8 Å². The van der Waals surface area contributed by atoms with Gasteiger partial charge in [0.25, 0.3) is 0 Å². The van der Waals surface area contributed by atoms with Crippen LogP contribution in [-0.4, -0.2) is 25.3 Å². The molecule has 1 unspecified atom stereocenters. The van der Waals surface area contributed by atoms with Gasteiger partial charge in [-0.15, -0.1) is 0 Å². The van der Waals surface area contributed by atoms with Crippen LogP contribution in [0, 0.1) is 5.41 Å². The molecule has 2 N–H and O–H groups in total. The van der Waals surface area contributed by atoms with E-state index in [4.69, 9.17) is 5.73 Å². The summed E-state index contributed by atoms with van der Waals surface area (Å²) in [5.74, 6) is -1.07. The van der Waals surface area contributed by atoms with Crippen molar-refractivity contribution in [3.05, 3.63) is 0 Å². The highest BCUT2D eigenvalue weighted by molar-refractivity contribution is 5.76. The van der Waals surface area contributed by atoms with Crippen LogP contribution in [0.3, 0.4) is 0 Å². The van der Waals surface area contributed by atoms with Crippen molar-refractivity contribution in [1.29, 1.82) is 0 Å². The minimum absolute atomic E-state index is 0.856. The van der Waals surface area contributed by atoms with E-state index >= 15 is 0 Å². The van der Waals surface area contributed by atoms with Crippen LogP contribution in [0.4, 0.5) is 13.2 Å². The van der Waals surface area contributed by atoms with Gasteiger partial charge in [0.1, 0.15) is 6.04 Å². The van der Waals surface area contributed by atoms with Crippen molar-refractivity contribution in [2.24, 2.45) is 11.1 Å². The monoisotopic (exact) mass is 199 g/mol. The van der Waals surface area contributed by atoms with Crippen molar-refractivity contribution in [3.63, 3.8) is 0 Å². The van der Waals surface area contributed by atoms with Crippen LogP contribution in [0.2, 0.25) is 0 Å². The molecule has 0 aromatic heterocycles. The molecule has 3 nitrogen and oxygen atoms in total. The lowest BCUT2D eigenvalue weighted by Gasteiger charge is -2.31. The average molecular weight is 199 g/mol. The van der Waals surface area contributed by atoms with Crippen molar-refractivity contribution in [2.75, 3.05) is 7.11 Å². The van der Waals surface area contributed by atoms with Gasteiger partial charge in [-0.05, 0) is 13.8 Å². The Hall–Kier alpha value is -0.780. The molecule has 0 radical (unpaired) electrons. The molecule has 0 saturated heterocycles. The SMILES string of the molecule is COC(=O)C(N)C(C)(C)C(F)(F)F. The van der Waals surface area contributed by atoms with Crippen molar-refractivity contribution < 1.29 is 22.7 Å². The summed E-state index contributed by atoms with van der Waals surface area (Å²) in [6.07, 6.45) is -4.53. The van der Waals surface area contributed by atoms with E-state index in [0.29, 0.717) is 0 Å². The number of methoxy groups -OCH3 is 1. The lowest BCUT2D eigenvalue weighted by Crippen LogP contribution is -2.52. The van der Waals surface area contributed by atoms with Gasteiger partial charge in [-0.2, -0.15) is 13.2 Å². The fourth-order valence-electron chi connectivity index (χ4n) is 0.598. The van der Waals surface area contributed by atoms with Crippen LogP contribution in [0.25, 0.3) is 0 Å². The van der Waals surface area contributed by atoms with Crippen molar-refractivity contribution >= 4 is 5.97 Å². The van der Waals surface area contributed by atoms with Gasteiger partial charge in [-0.3, -0.25) is 4.79 Å². The Morgan fingerprint density at radius 1 is 1.38 bits per heavy atom. The number of nitrogens with two attached hydrogens (primary N) is 1. The number of ether oxygens (including phenoxy) is 1. The van der Waals surface area contributed by atoms with Gasteiger partial charge in [0, 0.05) is 0 Å². The zero-order valence-corrected chi connectivity index (χ0v) is 7.61. The third kappa shape index (κ3) is 2.33. The largest absolute Gasteiger partial charge is 0.468 e.